The van der Waals surface area contributed by atoms with Crippen molar-refractivity contribution in [2.75, 3.05) is 5.75 Å². The van der Waals surface area contributed by atoms with Crippen molar-refractivity contribution < 1.29 is 13.2 Å². The first-order valence-electron chi connectivity index (χ1n) is 6.90. The van der Waals surface area contributed by atoms with Gasteiger partial charge in [-0.05, 0) is 43.6 Å². The molecule has 3 rings (SSSR count). The molecule has 3 atom stereocenters. The minimum atomic E-state index is -3.35. The van der Waals surface area contributed by atoms with Gasteiger partial charge in [0.05, 0.1) is 5.75 Å². The maximum absolute atomic E-state index is 12.6. The molecule has 19 heavy (non-hydrogen) atoms. The van der Waals surface area contributed by atoms with Gasteiger partial charge in [0.2, 0.25) is 10.0 Å². The molecule has 0 aromatic heterocycles. The van der Waals surface area contributed by atoms with Gasteiger partial charge >= 0.3 is 0 Å². The van der Waals surface area contributed by atoms with Gasteiger partial charge in [-0.3, -0.25) is 4.79 Å². The van der Waals surface area contributed by atoms with Crippen molar-refractivity contribution in [1.29, 1.82) is 0 Å². The highest BCUT2D eigenvalue weighted by atomic mass is 32.2. The average Bonchev–Trinajstić information content (AvgIpc) is 2.75. The van der Waals surface area contributed by atoms with E-state index in [1.807, 2.05) is 0 Å². The number of ketones is 1. The number of hydrogen-bond donors (Lipinski definition) is 1. The molecule has 1 saturated heterocycles. The topological polar surface area (TPSA) is 63.2 Å². The lowest BCUT2D eigenvalue weighted by Crippen LogP contribution is -2.58. The van der Waals surface area contributed by atoms with Crippen molar-refractivity contribution in [2.24, 2.45) is 16.7 Å². The van der Waals surface area contributed by atoms with Crippen LogP contribution in [0.4, 0.5) is 0 Å². The fourth-order valence-corrected chi connectivity index (χ4v) is 7.40. The van der Waals surface area contributed by atoms with Gasteiger partial charge in [0.1, 0.15) is 5.54 Å². The van der Waals surface area contributed by atoms with Crippen LogP contribution in [-0.2, 0) is 14.8 Å². The van der Waals surface area contributed by atoms with Crippen LogP contribution in [0, 0.1) is 16.7 Å². The van der Waals surface area contributed by atoms with Crippen LogP contribution in [0.1, 0.15) is 40.0 Å². The number of carbonyl (C=O) groups excluding carboxylic acids is 1. The molecule has 1 heterocycles. The van der Waals surface area contributed by atoms with E-state index in [0.29, 0.717) is 12.3 Å². The summed E-state index contributed by atoms with van der Waals surface area (Å²) in [7, 11) is -3.35. The smallest absolute Gasteiger partial charge is 0.213 e. The zero-order chi connectivity index (χ0) is 14.1. The molecule has 1 aliphatic heterocycles. The highest BCUT2D eigenvalue weighted by Crippen LogP contribution is 2.72. The summed E-state index contributed by atoms with van der Waals surface area (Å²) < 4.78 is 27.0. The van der Waals surface area contributed by atoms with Crippen LogP contribution in [-0.4, -0.2) is 25.5 Å². The molecule has 4 nitrogen and oxygen atoms in total. The summed E-state index contributed by atoms with van der Waals surface area (Å²) in [4.78, 5) is 12.6. The average molecular weight is 283 g/mol. The normalized spacial score (nSPS) is 45.7. The summed E-state index contributed by atoms with van der Waals surface area (Å²) in [6, 6.07) is 0. The summed E-state index contributed by atoms with van der Waals surface area (Å²) in [6.07, 6.45) is 5.76. The Morgan fingerprint density at radius 1 is 1.37 bits per heavy atom. The van der Waals surface area contributed by atoms with E-state index in [4.69, 9.17) is 0 Å². The molecule has 3 fully saturated rings. The first-order chi connectivity index (χ1) is 8.71. The van der Waals surface area contributed by atoms with Crippen LogP contribution in [0.3, 0.4) is 0 Å². The Labute approximate surface area is 114 Å². The molecule has 1 N–H and O–H groups in total. The lowest BCUT2D eigenvalue weighted by molar-refractivity contribution is -0.124. The van der Waals surface area contributed by atoms with Crippen molar-refractivity contribution in [3.63, 3.8) is 0 Å². The molecule has 0 aromatic rings. The third-order valence-electron chi connectivity index (χ3n) is 6.05. The number of hydrogen-bond acceptors (Lipinski definition) is 3. The van der Waals surface area contributed by atoms with Crippen LogP contribution in [0.25, 0.3) is 0 Å². The second-order valence-electron chi connectivity index (χ2n) is 6.87. The number of carbonyl (C=O) groups is 1. The summed E-state index contributed by atoms with van der Waals surface area (Å²) in [5.74, 6) is 0.475. The Kier molecular flexibility index (Phi) is 2.45. The molecule has 1 spiro atoms. The lowest BCUT2D eigenvalue weighted by atomic mass is 9.61. The second kappa shape index (κ2) is 3.50. The van der Waals surface area contributed by atoms with E-state index in [2.05, 4.69) is 18.6 Å². The van der Waals surface area contributed by atoms with Gasteiger partial charge in [0, 0.05) is 5.41 Å². The van der Waals surface area contributed by atoms with Crippen LogP contribution < -0.4 is 4.72 Å². The molecule has 2 saturated carbocycles. The van der Waals surface area contributed by atoms with Crippen LogP contribution in [0.5, 0.6) is 0 Å². The Balaban J connectivity index is 2.21. The molecule has 0 radical (unpaired) electrons. The highest BCUT2D eigenvalue weighted by Gasteiger charge is 2.77. The molecular formula is C14H21NO3S. The van der Waals surface area contributed by atoms with E-state index in [1.54, 1.807) is 13.0 Å². The zero-order valence-corrected chi connectivity index (χ0v) is 12.5. The van der Waals surface area contributed by atoms with E-state index in [1.165, 1.54) is 6.08 Å². The summed E-state index contributed by atoms with van der Waals surface area (Å²) in [6.45, 7) is 6.07. The van der Waals surface area contributed by atoms with Gasteiger partial charge in [-0.2, -0.15) is 0 Å². The van der Waals surface area contributed by atoms with Crippen LogP contribution in [0.15, 0.2) is 12.2 Å². The number of nitrogens with one attached hydrogen (secondary N) is 1. The van der Waals surface area contributed by atoms with E-state index in [0.717, 1.165) is 12.8 Å². The van der Waals surface area contributed by atoms with Crippen molar-refractivity contribution in [1.82, 2.24) is 4.72 Å². The fourth-order valence-electron chi connectivity index (χ4n) is 5.01. The molecule has 0 aromatic carbocycles. The summed E-state index contributed by atoms with van der Waals surface area (Å²) >= 11 is 0. The molecule has 2 aliphatic carbocycles. The summed E-state index contributed by atoms with van der Waals surface area (Å²) in [5, 5.41) is 0. The Hall–Kier alpha value is -0.680. The number of fused-ring (bicyclic) bond motifs is 1. The standard InChI is InChI=1S/C14H21NO3S/c1-4-5-11(16)14-8-10-6-7-13(14,12(10,2)3)9-19(17,18)15-14/h4-5,10,15H,6-9H2,1-3H3/b5-4+/t10?,13?,14-/m0/s1. The predicted octanol–water partition coefficient (Wildman–Crippen LogP) is 1.63. The molecule has 2 unspecified atom stereocenters. The van der Waals surface area contributed by atoms with Gasteiger partial charge in [-0.15, -0.1) is 0 Å². The minimum Gasteiger partial charge on any atom is -0.293 e. The predicted molar refractivity (Wildman–Crippen MR) is 73.0 cm³/mol. The third kappa shape index (κ3) is 1.33. The molecule has 106 valence electrons. The minimum absolute atomic E-state index is 0.0636. The largest absolute Gasteiger partial charge is 0.293 e. The van der Waals surface area contributed by atoms with Gasteiger partial charge < -0.3 is 0 Å². The first-order valence-corrected chi connectivity index (χ1v) is 8.55. The van der Waals surface area contributed by atoms with Gasteiger partial charge in [0.25, 0.3) is 0 Å². The molecule has 2 bridgehead atoms. The maximum Gasteiger partial charge on any atom is 0.213 e. The lowest BCUT2D eigenvalue weighted by Gasteiger charge is -2.42. The number of allylic oxidation sites excluding steroid dienone is 1. The second-order valence-corrected chi connectivity index (χ2v) is 8.60. The van der Waals surface area contributed by atoms with Crippen LogP contribution >= 0.6 is 0 Å². The van der Waals surface area contributed by atoms with Crippen LogP contribution in [0.2, 0.25) is 0 Å². The Morgan fingerprint density at radius 2 is 2.05 bits per heavy atom. The molecule has 0 amide bonds. The summed E-state index contributed by atoms with van der Waals surface area (Å²) in [5.41, 5.74) is -1.41. The quantitative estimate of drug-likeness (QED) is 0.783. The highest BCUT2D eigenvalue weighted by molar-refractivity contribution is 7.89. The van der Waals surface area contributed by atoms with Crippen molar-refractivity contribution in [3.05, 3.63) is 12.2 Å². The first kappa shape index (κ1) is 13.3. The van der Waals surface area contributed by atoms with Crippen molar-refractivity contribution in [2.45, 2.75) is 45.6 Å². The van der Waals surface area contributed by atoms with Crippen molar-refractivity contribution in [3.8, 4) is 0 Å². The zero-order valence-electron chi connectivity index (χ0n) is 11.7. The number of rotatable bonds is 2. The molecular weight excluding hydrogens is 262 g/mol. The van der Waals surface area contributed by atoms with E-state index >= 15 is 0 Å². The maximum atomic E-state index is 12.6. The van der Waals surface area contributed by atoms with Crippen molar-refractivity contribution >= 4 is 15.8 Å². The monoisotopic (exact) mass is 283 g/mol. The SMILES string of the molecule is C/C=C/C(=O)[C@@]12CC3CCC1(CS(=O)(=O)N2)C3(C)C. The van der Waals surface area contributed by atoms with E-state index in [-0.39, 0.29) is 17.0 Å². The Bertz CT molecular complexity index is 577. The van der Waals surface area contributed by atoms with Gasteiger partial charge in [-0.1, -0.05) is 19.9 Å². The third-order valence-corrected chi connectivity index (χ3v) is 7.58. The van der Waals surface area contributed by atoms with Gasteiger partial charge in [0.15, 0.2) is 5.78 Å². The fraction of sp³-hybridized carbons (Fsp3) is 0.786. The number of sulfonamides is 1. The molecule has 3 aliphatic rings. The van der Waals surface area contributed by atoms with Gasteiger partial charge in [-0.25, -0.2) is 13.1 Å². The Morgan fingerprint density at radius 3 is 2.63 bits per heavy atom. The van der Waals surface area contributed by atoms with E-state index in [9.17, 15) is 13.2 Å². The van der Waals surface area contributed by atoms with E-state index < -0.39 is 21.0 Å². The molecule has 5 heteroatoms.